The van der Waals surface area contributed by atoms with E-state index in [-0.39, 0.29) is 0 Å². The van der Waals surface area contributed by atoms with Crippen molar-refractivity contribution >= 4 is 12.6 Å². The van der Waals surface area contributed by atoms with Gasteiger partial charge >= 0.3 is 0 Å². The van der Waals surface area contributed by atoms with Crippen molar-refractivity contribution in [2.75, 3.05) is 33.0 Å². The lowest BCUT2D eigenvalue weighted by molar-refractivity contribution is 0.360. The Labute approximate surface area is 110 Å². The molecule has 0 fully saturated rings. The molecule has 0 aliphatic rings. The highest BCUT2D eigenvalue weighted by molar-refractivity contribution is 7.80. The fourth-order valence-corrected chi connectivity index (χ4v) is 2.45. The van der Waals surface area contributed by atoms with Crippen LogP contribution >= 0.6 is 12.6 Å². The van der Waals surface area contributed by atoms with Crippen LogP contribution in [0.4, 0.5) is 0 Å². The van der Waals surface area contributed by atoms with Gasteiger partial charge in [0.15, 0.2) is 0 Å². The summed E-state index contributed by atoms with van der Waals surface area (Å²) in [4.78, 5) is 2.31. The van der Waals surface area contributed by atoms with Crippen LogP contribution in [0.15, 0.2) is 12.1 Å². The molecule has 0 unspecified atom stereocenters. The van der Waals surface area contributed by atoms with E-state index in [1.54, 1.807) is 7.11 Å². The summed E-state index contributed by atoms with van der Waals surface area (Å²) in [5, 5.41) is 0. The molecular formula is C14H23NOS. The molecule has 96 valence electrons. The summed E-state index contributed by atoms with van der Waals surface area (Å²) >= 11 is 4.24. The summed E-state index contributed by atoms with van der Waals surface area (Å²) in [6, 6.07) is 4.45. The molecule has 0 saturated carbocycles. The zero-order chi connectivity index (χ0) is 12.8. The fourth-order valence-electron chi connectivity index (χ4n) is 2.11. The lowest BCUT2D eigenvalue weighted by Crippen LogP contribution is -2.23. The second kappa shape index (κ2) is 6.92. The van der Waals surface area contributed by atoms with Gasteiger partial charge in [0.05, 0.1) is 7.11 Å². The molecule has 0 bridgehead atoms. The van der Waals surface area contributed by atoms with Gasteiger partial charge in [-0.2, -0.15) is 12.6 Å². The number of ether oxygens (including phenoxy) is 1. The second-order valence-corrected chi connectivity index (χ2v) is 4.99. The molecular weight excluding hydrogens is 230 g/mol. The van der Waals surface area contributed by atoms with Crippen molar-refractivity contribution in [1.82, 2.24) is 4.90 Å². The molecule has 1 rings (SSSR count). The largest absolute Gasteiger partial charge is 0.496 e. The number of methoxy groups -OCH3 is 1. The maximum absolute atomic E-state index is 5.37. The van der Waals surface area contributed by atoms with E-state index in [0.717, 1.165) is 31.0 Å². The van der Waals surface area contributed by atoms with Crippen molar-refractivity contribution in [1.29, 1.82) is 0 Å². The molecule has 0 atom stereocenters. The number of nitrogens with zero attached hydrogens (tertiary/aromatic N) is 1. The van der Waals surface area contributed by atoms with Crippen molar-refractivity contribution in [2.45, 2.75) is 20.3 Å². The summed E-state index contributed by atoms with van der Waals surface area (Å²) < 4.78 is 5.37. The van der Waals surface area contributed by atoms with E-state index in [9.17, 15) is 0 Å². The standard InChI is InChI=1S/C14H23NOS/c1-11-9-13(5-6-15(3)7-8-17)10-12(2)14(11)16-4/h9-10,17H,5-8H2,1-4H3. The first-order chi connectivity index (χ1) is 8.08. The van der Waals surface area contributed by atoms with Gasteiger partial charge in [0.1, 0.15) is 5.75 Å². The van der Waals surface area contributed by atoms with Crippen LogP contribution in [-0.2, 0) is 6.42 Å². The minimum atomic E-state index is 0.914. The van der Waals surface area contributed by atoms with Crippen molar-refractivity contribution in [2.24, 2.45) is 0 Å². The average Bonchev–Trinajstić information content (AvgIpc) is 2.26. The van der Waals surface area contributed by atoms with Gasteiger partial charge in [-0.15, -0.1) is 0 Å². The molecule has 1 aromatic rings. The fraction of sp³-hybridized carbons (Fsp3) is 0.571. The van der Waals surface area contributed by atoms with Gasteiger partial charge in [-0.05, 0) is 44.0 Å². The second-order valence-electron chi connectivity index (χ2n) is 4.54. The van der Waals surface area contributed by atoms with Crippen molar-refractivity contribution in [3.63, 3.8) is 0 Å². The highest BCUT2D eigenvalue weighted by Crippen LogP contribution is 2.24. The SMILES string of the molecule is COc1c(C)cc(CCN(C)CCS)cc1C. The molecule has 0 radical (unpaired) electrons. The summed E-state index contributed by atoms with van der Waals surface area (Å²) in [5.74, 6) is 1.93. The number of rotatable bonds is 6. The molecule has 1 aromatic carbocycles. The first kappa shape index (κ1) is 14.4. The van der Waals surface area contributed by atoms with Gasteiger partial charge in [0.25, 0.3) is 0 Å². The molecule has 3 heteroatoms. The Kier molecular flexibility index (Phi) is 5.86. The van der Waals surface area contributed by atoms with Gasteiger partial charge in [-0.25, -0.2) is 0 Å². The van der Waals surface area contributed by atoms with Crippen molar-refractivity contribution in [3.8, 4) is 5.75 Å². The summed E-state index contributed by atoms with van der Waals surface area (Å²) in [5.41, 5.74) is 3.82. The Morgan fingerprint density at radius 2 is 1.76 bits per heavy atom. The number of likely N-dealkylation sites (N-methyl/N-ethyl adjacent to an activating group) is 1. The average molecular weight is 253 g/mol. The van der Waals surface area contributed by atoms with E-state index in [1.807, 2.05) is 0 Å². The van der Waals surface area contributed by atoms with Gasteiger partial charge in [-0.3, -0.25) is 0 Å². The molecule has 0 heterocycles. The predicted molar refractivity (Wildman–Crippen MR) is 77.5 cm³/mol. The highest BCUT2D eigenvalue weighted by atomic mass is 32.1. The summed E-state index contributed by atoms with van der Waals surface area (Å²) in [6.45, 7) is 6.32. The maximum Gasteiger partial charge on any atom is 0.124 e. The minimum absolute atomic E-state index is 0.914. The molecule has 0 amide bonds. The topological polar surface area (TPSA) is 12.5 Å². The molecule has 0 aliphatic heterocycles. The van der Waals surface area contributed by atoms with E-state index >= 15 is 0 Å². The maximum atomic E-state index is 5.37. The monoisotopic (exact) mass is 253 g/mol. The van der Waals surface area contributed by atoms with Crippen LogP contribution in [0.5, 0.6) is 5.75 Å². The Morgan fingerprint density at radius 1 is 1.18 bits per heavy atom. The molecule has 2 nitrogen and oxygen atoms in total. The van der Waals surface area contributed by atoms with Crippen LogP contribution in [-0.4, -0.2) is 37.9 Å². The normalized spacial score (nSPS) is 10.9. The number of thiol groups is 1. The smallest absolute Gasteiger partial charge is 0.124 e. The third-order valence-corrected chi connectivity index (χ3v) is 3.19. The van der Waals surface area contributed by atoms with Gasteiger partial charge in [-0.1, -0.05) is 12.1 Å². The van der Waals surface area contributed by atoms with E-state index in [0.29, 0.717) is 0 Å². The molecule has 0 aromatic heterocycles. The van der Waals surface area contributed by atoms with Crippen LogP contribution in [0.2, 0.25) is 0 Å². The molecule has 17 heavy (non-hydrogen) atoms. The zero-order valence-corrected chi connectivity index (χ0v) is 12.2. The molecule has 0 aliphatic carbocycles. The van der Waals surface area contributed by atoms with E-state index < -0.39 is 0 Å². The highest BCUT2D eigenvalue weighted by Gasteiger charge is 2.06. The zero-order valence-electron chi connectivity index (χ0n) is 11.3. The Hall–Kier alpha value is -0.670. The third-order valence-electron chi connectivity index (χ3n) is 2.99. The summed E-state index contributed by atoms with van der Waals surface area (Å²) in [7, 11) is 3.87. The van der Waals surface area contributed by atoms with E-state index in [1.165, 1.54) is 16.7 Å². The first-order valence-corrected chi connectivity index (χ1v) is 6.65. The molecule has 0 spiro atoms. The van der Waals surface area contributed by atoms with Gasteiger partial charge < -0.3 is 9.64 Å². The Bertz CT molecular complexity index is 342. The number of aryl methyl sites for hydroxylation is 2. The number of hydrogen-bond acceptors (Lipinski definition) is 3. The minimum Gasteiger partial charge on any atom is -0.496 e. The van der Waals surface area contributed by atoms with E-state index in [4.69, 9.17) is 4.74 Å². The third kappa shape index (κ3) is 4.25. The quantitative estimate of drug-likeness (QED) is 0.783. The number of hydrogen-bond donors (Lipinski definition) is 1. The Morgan fingerprint density at radius 3 is 2.24 bits per heavy atom. The Balaban J connectivity index is 2.67. The predicted octanol–water partition coefficient (Wildman–Crippen LogP) is 2.72. The lowest BCUT2D eigenvalue weighted by atomic mass is 10.0. The van der Waals surface area contributed by atoms with Crippen molar-refractivity contribution < 1.29 is 4.74 Å². The van der Waals surface area contributed by atoms with E-state index in [2.05, 4.69) is 50.6 Å². The molecule has 0 saturated heterocycles. The van der Waals surface area contributed by atoms with Gasteiger partial charge in [0.2, 0.25) is 0 Å². The van der Waals surface area contributed by atoms with Crippen LogP contribution < -0.4 is 4.74 Å². The van der Waals surface area contributed by atoms with Crippen LogP contribution in [0.3, 0.4) is 0 Å². The van der Waals surface area contributed by atoms with Crippen LogP contribution in [0, 0.1) is 13.8 Å². The summed E-state index contributed by atoms with van der Waals surface area (Å²) in [6.07, 6.45) is 1.08. The number of benzene rings is 1. The van der Waals surface area contributed by atoms with Gasteiger partial charge in [0, 0.05) is 18.8 Å². The molecule has 0 N–H and O–H groups in total. The van der Waals surface area contributed by atoms with Crippen LogP contribution in [0.1, 0.15) is 16.7 Å². The van der Waals surface area contributed by atoms with Crippen LogP contribution in [0.25, 0.3) is 0 Å². The first-order valence-electron chi connectivity index (χ1n) is 6.02. The lowest BCUT2D eigenvalue weighted by Gasteiger charge is -2.16. The van der Waals surface area contributed by atoms with Crippen molar-refractivity contribution in [3.05, 3.63) is 28.8 Å².